The Hall–Kier alpha value is -0.740. The second-order valence-corrected chi connectivity index (χ2v) is 5.61. The largest absolute Gasteiger partial charge is 0.315 e. The Kier molecular flexibility index (Phi) is 2.88. The molecule has 3 nitrogen and oxygen atoms in total. The highest BCUT2D eigenvalue weighted by atomic mass is 32.2. The molecule has 1 fully saturated rings. The van der Waals surface area contributed by atoms with E-state index in [-0.39, 0.29) is 11.3 Å². The van der Waals surface area contributed by atoms with Gasteiger partial charge in [-0.2, -0.15) is 0 Å². The van der Waals surface area contributed by atoms with Gasteiger partial charge in [-0.1, -0.05) is 19.1 Å². The molecular formula is C12H18N2OS. The van der Waals surface area contributed by atoms with Crippen LogP contribution < -0.4 is 5.73 Å². The van der Waals surface area contributed by atoms with Crippen molar-refractivity contribution in [2.45, 2.75) is 38.1 Å². The van der Waals surface area contributed by atoms with Crippen molar-refractivity contribution in [3.05, 3.63) is 23.4 Å². The van der Waals surface area contributed by atoms with Gasteiger partial charge in [-0.15, -0.1) is 11.8 Å². The van der Waals surface area contributed by atoms with Crippen LogP contribution in [0.5, 0.6) is 0 Å². The van der Waals surface area contributed by atoms with Crippen LogP contribution in [0.3, 0.4) is 0 Å². The second kappa shape index (κ2) is 3.93. The topological polar surface area (TPSA) is 46.3 Å². The molecule has 2 unspecified atom stereocenters. The number of rotatable bonds is 2. The summed E-state index contributed by atoms with van der Waals surface area (Å²) in [5.41, 5.74) is 7.61. The van der Waals surface area contributed by atoms with Crippen LogP contribution in [0.15, 0.2) is 23.4 Å². The van der Waals surface area contributed by atoms with Gasteiger partial charge >= 0.3 is 0 Å². The Morgan fingerprint density at radius 2 is 2.38 bits per heavy atom. The molecule has 0 aromatic rings. The first kappa shape index (κ1) is 11.7. The highest BCUT2D eigenvalue weighted by Crippen LogP contribution is 2.44. The molecule has 0 radical (unpaired) electrons. The van der Waals surface area contributed by atoms with Gasteiger partial charge in [0.15, 0.2) is 0 Å². The average Bonchev–Trinajstić information content (AvgIpc) is 2.26. The van der Waals surface area contributed by atoms with Crippen LogP contribution in [0.25, 0.3) is 0 Å². The Morgan fingerprint density at radius 1 is 1.69 bits per heavy atom. The molecule has 0 spiro atoms. The molecule has 1 amide bonds. The molecule has 1 saturated heterocycles. The number of amides is 1. The smallest absolute Gasteiger partial charge is 0.250 e. The number of carbonyl (C=O) groups excluding carboxylic acids is 1. The molecule has 2 aliphatic heterocycles. The van der Waals surface area contributed by atoms with Gasteiger partial charge in [-0.05, 0) is 25.8 Å². The Morgan fingerprint density at radius 3 is 3.00 bits per heavy atom. The van der Waals surface area contributed by atoms with Crippen LogP contribution in [0, 0.1) is 0 Å². The number of carbonyl (C=O) groups is 1. The second-order valence-electron chi connectivity index (χ2n) is 4.54. The van der Waals surface area contributed by atoms with Crippen molar-refractivity contribution in [1.29, 1.82) is 0 Å². The molecule has 16 heavy (non-hydrogen) atoms. The number of hydrogen-bond donors (Lipinski definition) is 1. The Balaban J connectivity index is 2.25. The number of hydrogen-bond acceptors (Lipinski definition) is 3. The zero-order valence-corrected chi connectivity index (χ0v) is 10.8. The van der Waals surface area contributed by atoms with Gasteiger partial charge in [-0.25, -0.2) is 0 Å². The van der Waals surface area contributed by atoms with Crippen molar-refractivity contribution in [2.75, 3.05) is 5.75 Å². The third kappa shape index (κ3) is 1.52. The van der Waals surface area contributed by atoms with Crippen LogP contribution in [0.2, 0.25) is 0 Å². The third-order valence-electron chi connectivity index (χ3n) is 3.20. The minimum Gasteiger partial charge on any atom is -0.315 e. The van der Waals surface area contributed by atoms with Crippen molar-refractivity contribution < 1.29 is 4.79 Å². The molecule has 2 atom stereocenters. The number of allylic oxidation sites excluding steroid dienone is 3. The molecular weight excluding hydrogens is 220 g/mol. The first-order chi connectivity index (χ1) is 7.50. The van der Waals surface area contributed by atoms with Crippen molar-refractivity contribution in [3.63, 3.8) is 0 Å². The van der Waals surface area contributed by atoms with Gasteiger partial charge < -0.3 is 5.73 Å². The maximum Gasteiger partial charge on any atom is 0.250 e. The zero-order valence-electron chi connectivity index (χ0n) is 9.99. The Bertz CT molecular complexity index is 384. The maximum atomic E-state index is 11.9. The van der Waals surface area contributed by atoms with E-state index in [0.29, 0.717) is 0 Å². The van der Waals surface area contributed by atoms with E-state index in [2.05, 4.69) is 19.1 Å². The summed E-state index contributed by atoms with van der Waals surface area (Å²) in [6, 6.07) is 0. The molecule has 2 aliphatic rings. The van der Waals surface area contributed by atoms with Crippen LogP contribution >= 0.6 is 11.8 Å². The van der Waals surface area contributed by atoms with E-state index in [9.17, 15) is 4.79 Å². The van der Waals surface area contributed by atoms with E-state index in [4.69, 9.17) is 5.73 Å². The summed E-state index contributed by atoms with van der Waals surface area (Å²) >= 11 is 1.76. The summed E-state index contributed by atoms with van der Waals surface area (Å²) in [5, 5.41) is 0.124. The molecule has 0 bridgehead atoms. The lowest BCUT2D eigenvalue weighted by Gasteiger charge is -2.54. The molecule has 0 aromatic heterocycles. The maximum absolute atomic E-state index is 11.9. The van der Waals surface area contributed by atoms with Crippen LogP contribution in [-0.4, -0.2) is 27.5 Å². The number of β-lactam (4-membered cyclic amide) rings is 1. The first-order valence-corrected chi connectivity index (χ1v) is 6.65. The average molecular weight is 238 g/mol. The third-order valence-corrected chi connectivity index (χ3v) is 4.70. The highest BCUT2D eigenvalue weighted by Gasteiger charge is 2.57. The normalized spacial score (nSPS) is 34.4. The summed E-state index contributed by atoms with van der Waals surface area (Å²) in [6.45, 7) is 5.94. The van der Waals surface area contributed by atoms with Crippen molar-refractivity contribution in [3.8, 4) is 0 Å². The van der Waals surface area contributed by atoms with Gasteiger partial charge in [0.2, 0.25) is 0 Å². The molecule has 0 saturated carbocycles. The molecule has 4 heteroatoms. The molecule has 2 N–H and O–H groups in total. The SMILES string of the molecule is CCC=CC1=C(C)N2C(=O)C(C)(N)C2SC1. The molecule has 2 heterocycles. The predicted octanol–water partition coefficient (Wildman–Crippen LogP) is 1.86. The predicted molar refractivity (Wildman–Crippen MR) is 67.8 cm³/mol. The fraction of sp³-hybridized carbons (Fsp3) is 0.583. The highest BCUT2D eigenvalue weighted by molar-refractivity contribution is 8.00. The van der Waals surface area contributed by atoms with Crippen LogP contribution in [0.4, 0.5) is 0 Å². The quantitative estimate of drug-likeness (QED) is 0.747. The lowest BCUT2D eigenvalue weighted by Crippen LogP contribution is -2.75. The van der Waals surface area contributed by atoms with Crippen LogP contribution in [0.1, 0.15) is 27.2 Å². The van der Waals surface area contributed by atoms with Gasteiger partial charge in [0.1, 0.15) is 10.9 Å². The van der Waals surface area contributed by atoms with E-state index in [0.717, 1.165) is 17.9 Å². The van der Waals surface area contributed by atoms with E-state index >= 15 is 0 Å². The minimum absolute atomic E-state index is 0.0459. The number of nitrogens with two attached hydrogens (primary N) is 1. The lowest BCUT2D eigenvalue weighted by molar-refractivity contribution is -0.148. The fourth-order valence-electron chi connectivity index (χ4n) is 2.11. The summed E-state index contributed by atoms with van der Waals surface area (Å²) < 4.78 is 0. The van der Waals surface area contributed by atoms with Crippen molar-refractivity contribution in [2.24, 2.45) is 5.73 Å². The van der Waals surface area contributed by atoms with Gasteiger partial charge in [-0.3, -0.25) is 9.69 Å². The van der Waals surface area contributed by atoms with E-state index < -0.39 is 5.54 Å². The van der Waals surface area contributed by atoms with Gasteiger partial charge in [0.25, 0.3) is 5.91 Å². The summed E-state index contributed by atoms with van der Waals surface area (Å²) in [7, 11) is 0. The van der Waals surface area contributed by atoms with E-state index in [1.807, 2.05) is 18.7 Å². The number of fused-ring (bicyclic) bond motifs is 1. The molecule has 2 rings (SSSR count). The zero-order chi connectivity index (χ0) is 11.9. The van der Waals surface area contributed by atoms with Gasteiger partial charge in [0, 0.05) is 11.4 Å². The van der Waals surface area contributed by atoms with E-state index in [1.54, 1.807) is 11.8 Å². The molecule has 0 aromatic carbocycles. The summed E-state index contributed by atoms with van der Waals surface area (Å²) in [4.78, 5) is 13.7. The summed E-state index contributed by atoms with van der Waals surface area (Å²) in [5.74, 6) is 0.994. The van der Waals surface area contributed by atoms with Gasteiger partial charge in [0.05, 0.1) is 0 Å². The van der Waals surface area contributed by atoms with E-state index in [1.165, 1.54) is 5.57 Å². The Labute approximate surface area is 101 Å². The number of nitrogens with zero attached hydrogens (tertiary/aromatic N) is 1. The number of thioether (sulfide) groups is 1. The van der Waals surface area contributed by atoms with Crippen LogP contribution in [-0.2, 0) is 4.79 Å². The standard InChI is InChI=1S/C12H18N2OS/c1-4-5-6-9-7-16-11-12(3,13)10(15)14(11)8(9)2/h5-6,11H,4,7,13H2,1-3H3. The van der Waals surface area contributed by atoms with Crippen molar-refractivity contribution in [1.82, 2.24) is 4.90 Å². The van der Waals surface area contributed by atoms with Crippen molar-refractivity contribution >= 4 is 17.7 Å². The minimum atomic E-state index is -0.675. The fourth-order valence-corrected chi connectivity index (χ4v) is 3.60. The first-order valence-electron chi connectivity index (χ1n) is 5.60. The lowest BCUT2D eigenvalue weighted by atomic mass is 9.90. The summed E-state index contributed by atoms with van der Waals surface area (Å²) in [6.07, 6.45) is 5.27. The molecule has 0 aliphatic carbocycles. The monoisotopic (exact) mass is 238 g/mol. The molecule has 88 valence electrons.